The van der Waals surface area contributed by atoms with E-state index in [0.717, 1.165) is 16.9 Å². The quantitative estimate of drug-likeness (QED) is 0.782. The number of nitrogens with one attached hydrogen (secondary N) is 1. The Labute approximate surface area is 141 Å². The number of amides is 1. The Morgan fingerprint density at radius 1 is 1.08 bits per heavy atom. The molecule has 2 heterocycles. The van der Waals surface area contributed by atoms with Gasteiger partial charge in [-0.2, -0.15) is 5.10 Å². The fourth-order valence-electron chi connectivity index (χ4n) is 2.65. The Morgan fingerprint density at radius 3 is 2.50 bits per heavy atom. The minimum atomic E-state index is -0.339. The number of hydrogen-bond donors (Lipinski definition) is 1. The van der Waals surface area contributed by atoms with Crippen LogP contribution in [0.1, 0.15) is 37.2 Å². The molecule has 1 amide bonds. The molecule has 5 heteroatoms. The predicted molar refractivity (Wildman–Crippen MR) is 94.0 cm³/mol. The number of carbonyl (C=O) groups excluding carboxylic acids is 1. The Balaban J connectivity index is 1.71. The van der Waals surface area contributed by atoms with Crippen LogP contribution in [-0.2, 0) is 4.79 Å². The zero-order chi connectivity index (χ0) is 17.1. The minimum absolute atomic E-state index is 0.0445. The molecule has 3 aromatic rings. The third kappa shape index (κ3) is 3.40. The molecule has 0 aliphatic rings. The lowest BCUT2D eigenvalue weighted by molar-refractivity contribution is -0.124. The van der Waals surface area contributed by atoms with E-state index in [1.165, 1.54) is 0 Å². The van der Waals surface area contributed by atoms with Crippen LogP contribution in [-0.4, -0.2) is 20.3 Å². The molecule has 1 aromatic carbocycles. The number of aryl methyl sites for hydroxylation is 1. The maximum absolute atomic E-state index is 12.5. The smallest absolute Gasteiger partial charge is 0.245 e. The van der Waals surface area contributed by atoms with Crippen LogP contribution in [0.2, 0.25) is 0 Å². The maximum Gasteiger partial charge on any atom is 0.245 e. The van der Waals surface area contributed by atoms with Gasteiger partial charge in [0.05, 0.1) is 11.7 Å². The van der Waals surface area contributed by atoms with E-state index in [9.17, 15) is 4.79 Å². The first-order chi connectivity index (χ1) is 11.5. The largest absolute Gasteiger partial charge is 0.348 e. The van der Waals surface area contributed by atoms with Crippen LogP contribution in [0.25, 0.3) is 5.69 Å². The molecule has 0 spiro atoms. The number of nitrogens with zero attached hydrogens (tertiary/aromatic N) is 3. The number of hydrogen-bond acceptors (Lipinski definition) is 2. The maximum atomic E-state index is 12.5. The summed E-state index contributed by atoms with van der Waals surface area (Å²) in [7, 11) is 0. The van der Waals surface area contributed by atoms with Crippen LogP contribution in [0.4, 0.5) is 0 Å². The SMILES string of the molecule is Cc1ccn(C(C)C(=O)NC(C)c2cccc(-n3cccc3)c2)n1. The molecule has 3 rings (SSSR count). The van der Waals surface area contributed by atoms with Gasteiger partial charge >= 0.3 is 0 Å². The molecule has 0 bridgehead atoms. The first-order valence-corrected chi connectivity index (χ1v) is 8.10. The molecule has 0 fully saturated rings. The Kier molecular flexibility index (Phi) is 4.51. The van der Waals surface area contributed by atoms with Crippen molar-refractivity contribution >= 4 is 5.91 Å². The monoisotopic (exact) mass is 322 g/mol. The van der Waals surface area contributed by atoms with E-state index in [-0.39, 0.29) is 18.0 Å². The van der Waals surface area contributed by atoms with Crippen LogP contribution in [0.5, 0.6) is 0 Å². The van der Waals surface area contributed by atoms with Gasteiger partial charge in [-0.1, -0.05) is 12.1 Å². The topological polar surface area (TPSA) is 51.9 Å². The van der Waals surface area contributed by atoms with Crippen molar-refractivity contribution in [2.75, 3.05) is 0 Å². The van der Waals surface area contributed by atoms with Crippen molar-refractivity contribution in [3.8, 4) is 5.69 Å². The van der Waals surface area contributed by atoms with E-state index in [0.29, 0.717) is 0 Å². The molecule has 0 radical (unpaired) electrons. The highest BCUT2D eigenvalue weighted by molar-refractivity contribution is 5.80. The lowest BCUT2D eigenvalue weighted by Gasteiger charge is -2.19. The van der Waals surface area contributed by atoms with Crippen LogP contribution < -0.4 is 5.32 Å². The summed E-state index contributed by atoms with van der Waals surface area (Å²) < 4.78 is 3.74. The van der Waals surface area contributed by atoms with Crippen LogP contribution in [0.15, 0.2) is 61.1 Å². The first-order valence-electron chi connectivity index (χ1n) is 8.10. The Hall–Kier alpha value is -2.82. The third-order valence-corrected chi connectivity index (χ3v) is 4.15. The average Bonchev–Trinajstić information content (AvgIpc) is 3.25. The number of benzene rings is 1. The molecule has 0 aliphatic heterocycles. The summed E-state index contributed by atoms with van der Waals surface area (Å²) in [6, 6.07) is 13.6. The summed E-state index contributed by atoms with van der Waals surface area (Å²) in [4.78, 5) is 12.5. The summed E-state index contributed by atoms with van der Waals surface area (Å²) in [6.45, 7) is 5.76. The van der Waals surface area contributed by atoms with Gasteiger partial charge in [-0.05, 0) is 56.7 Å². The van der Waals surface area contributed by atoms with Gasteiger partial charge in [-0.15, -0.1) is 0 Å². The van der Waals surface area contributed by atoms with Gasteiger partial charge in [0.25, 0.3) is 0 Å². The van der Waals surface area contributed by atoms with E-state index in [2.05, 4.69) is 16.5 Å². The van der Waals surface area contributed by atoms with E-state index in [1.807, 2.05) is 80.3 Å². The second-order valence-corrected chi connectivity index (χ2v) is 6.03. The zero-order valence-electron chi connectivity index (χ0n) is 14.2. The van der Waals surface area contributed by atoms with Gasteiger partial charge in [0.2, 0.25) is 5.91 Å². The molecule has 0 saturated heterocycles. The molecular formula is C19H22N4O. The normalized spacial score (nSPS) is 13.5. The van der Waals surface area contributed by atoms with Gasteiger partial charge in [0.15, 0.2) is 0 Å². The van der Waals surface area contributed by atoms with E-state index in [4.69, 9.17) is 0 Å². The molecule has 5 nitrogen and oxygen atoms in total. The summed E-state index contributed by atoms with van der Waals surface area (Å²) >= 11 is 0. The zero-order valence-corrected chi connectivity index (χ0v) is 14.2. The van der Waals surface area contributed by atoms with Crippen LogP contribution in [0.3, 0.4) is 0 Å². The molecule has 2 atom stereocenters. The van der Waals surface area contributed by atoms with Crippen molar-refractivity contribution in [2.24, 2.45) is 0 Å². The summed E-state index contributed by atoms with van der Waals surface area (Å²) in [5, 5.41) is 7.38. The lowest BCUT2D eigenvalue weighted by Crippen LogP contribution is -2.33. The lowest BCUT2D eigenvalue weighted by atomic mass is 10.1. The number of carbonyl (C=O) groups is 1. The fraction of sp³-hybridized carbons (Fsp3) is 0.263. The van der Waals surface area contributed by atoms with E-state index >= 15 is 0 Å². The highest BCUT2D eigenvalue weighted by Crippen LogP contribution is 2.18. The van der Waals surface area contributed by atoms with Gasteiger partial charge in [0, 0.05) is 24.3 Å². The van der Waals surface area contributed by atoms with Gasteiger partial charge in [-0.3, -0.25) is 9.48 Å². The number of rotatable bonds is 5. The Bertz CT molecular complexity index is 820. The van der Waals surface area contributed by atoms with Crippen molar-refractivity contribution in [3.63, 3.8) is 0 Å². The summed E-state index contributed by atoms with van der Waals surface area (Å²) in [6.07, 6.45) is 5.84. The second kappa shape index (κ2) is 6.74. The van der Waals surface area contributed by atoms with E-state index in [1.54, 1.807) is 4.68 Å². The predicted octanol–water partition coefficient (Wildman–Crippen LogP) is 3.42. The first kappa shape index (κ1) is 16.1. The molecule has 2 aromatic heterocycles. The van der Waals surface area contributed by atoms with Crippen molar-refractivity contribution in [3.05, 3.63) is 72.3 Å². The van der Waals surface area contributed by atoms with Crippen molar-refractivity contribution in [1.82, 2.24) is 19.7 Å². The van der Waals surface area contributed by atoms with Crippen LogP contribution in [0, 0.1) is 6.92 Å². The molecule has 24 heavy (non-hydrogen) atoms. The molecule has 1 N–H and O–H groups in total. The van der Waals surface area contributed by atoms with Crippen molar-refractivity contribution < 1.29 is 4.79 Å². The third-order valence-electron chi connectivity index (χ3n) is 4.15. The summed E-state index contributed by atoms with van der Waals surface area (Å²) in [5.74, 6) is -0.0445. The molecule has 0 aliphatic carbocycles. The molecule has 0 saturated carbocycles. The standard InChI is InChI=1S/C19H22N4O/c1-14-9-12-23(21-14)16(3)19(24)20-15(2)17-7-6-8-18(13-17)22-10-4-5-11-22/h4-13,15-16H,1-3H3,(H,20,24). The highest BCUT2D eigenvalue weighted by atomic mass is 16.2. The Morgan fingerprint density at radius 2 is 1.83 bits per heavy atom. The second-order valence-electron chi connectivity index (χ2n) is 6.03. The summed E-state index contributed by atoms with van der Waals surface area (Å²) in [5.41, 5.74) is 3.05. The van der Waals surface area contributed by atoms with Gasteiger partial charge in [-0.25, -0.2) is 0 Å². The molecule has 2 unspecified atom stereocenters. The van der Waals surface area contributed by atoms with Crippen molar-refractivity contribution in [1.29, 1.82) is 0 Å². The van der Waals surface area contributed by atoms with E-state index < -0.39 is 0 Å². The molecule has 124 valence electrons. The van der Waals surface area contributed by atoms with Gasteiger partial charge < -0.3 is 9.88 Å². The average molecular weight is 322 g/mol. The minimum Gasteiger partial charge on any atom is -0.348 e. The van der Waals surface area contributed by atoms with Gasteiger partial charge in [0.1, 0.15) is 6.04 Å². The highest BCUT2D eigenvalue weighted by Gasteiger charge is 2.18. The molecular weight excluding hydrogens is 300 g/mol. The van der Waals surface area contributed by atoms with Crippen LogP contribution >= 0.6 is 0 Å². The van der Waals surface area contributed by atoms with Crippen molar-refractivity contribution in [2.45, 2.75) is 32.9 Å². The number of aromatic nitrogens is 3. The fourth-order valence-corrected chi connectivity index (χ4v) is 2.65.